The number of benzene rings is 1. The second-order valence-corrected chi connectivity index (χ2v) is 6.66. The Balaban J connectivity index is 1.68. The van der Waals surface area contributed by atoms with E-state index < -0.39 is 0 Å². The molecule has 0 atom stereocenters. The zero-order chi connectivity index (χ0) is 18.4. The highest BCUT2D eigenvalue weighted by Crippen LogP contribution is 2.18. The Morgan fingerprint density at radius 2 is 2.00 bits per heavy atom. The third-order valence-electron chi connectivity index (χ3n) is 4.87. The van der Waals surface area contributed by atoms with Crippen LogP contribution in [0.5, 0.6) is 0 Å². The van der Waals surface area contributed by atoms with Crippen LogP contribution in [0.4, 0.5) is 0 Å². The smallest absolute Gasteiger partial charge is 0.347 e. The van der Waals surface area contributed by atoms with E-state index in [4.69, 9.17) is 10.3 Å². The van der Waals surface area contributed by atoms with Crippen LogP contribution in [0.3, 0.4) is 0 Å². The van der Waals surface area contributed by atoms with Crippen molar-refractivity contribution in [2.45, 2.75) is 32.1 Å². The number of aromatic nitrogens is 2. The predicted octanol–water partition coefficient (Wildman–Crippen LogP) is 2.72. The van der Waals surface area contributed by atoms with Crippen molar-refractivity contribution in [3.05, 3.63) is 44.7 Å². The van der Waals surface area contributed by atoms with E-state index in [0.29, 0.717) is 19.8 Å². The van der Waals surface area contributed by atoms with E-state index in [1.54, 1.807) is 4.57 Å². The number of azide groups is 1. The van der Waals surface area contributed by atoms with Crippen molar-refractivity contribution in [2.75, 3.05) is 37.9 Å². The molecule has 1 aromatic heterocycles. The second kappa shape index (κ2) is 8.78. The van der Waals surface area contributed by atoms with Crippen LogP contribution < -0.4 is 10.7 Å². The van der Waals surface area contributed by atoms with Crippen molar-refractivity contribution in [3.8, 4) is 0 Å². The van der Waals surface area contributed by atoms with E-state index >= 15 is 0 Å². The summed E-state index contributed by atoms with van der Waals surface area (Å²) < 4.78 is 9.02. The van der Waals surface area contributed by atoms with Crippen molar-refractivity contribution in [1.29, 1.82) is 0 Å². The van der Waals surface area contributed by atoms with E-state index in [2.05, 4.69) is 33.2 Å². The lowest BCUT2D eigenvalue weighted by Gasteiger charge is -2.29. The lowest BCUT2D eigenvalue weighted by Crippen LogP contribution is -2.45. The SMILES string of the molecule is Cn1c(=O)n(N2CCCCC2)c2ccc(CCCOCCN=[N+]=[N-])cc21. The van der Waals surface area contributed by atoms with E-state index in [1.807, 2.05) is 11.7 Å². The topological polar surface area (TPSA) is 88.2 Å². The molecule has 1 aromatic carbocycles. The fourth-order valence-electron chi connectivity index (χ4n) is 3.50. The number of nitrogens with zero attached hydrogens (tertiary/aromatic N) is 6. The molecule has 1 saturated heterocycles. The summed E-state index contributed by atoms with van der Waals surface area (Å²) in [5.74, 6) is 0. The van der Waals surface area contributed by atoms with Crippen molar-refractivity contribution in [2.24, 2.45) is 12.2 Å². The zero-order valence-corrected chi connectivity index (χ0v) is 15.3. The molecule has 0 amide bonds. The van der Waals surface area contributed by atoms with Crippen LogP contribution in [-0.4, -0.2) is 42.1 Å². The number of aryl methyl sites for hydroxylation is 2. The van der Waals surface area contributed by atoms with E-state index in [9.17, 15) is 4.79 Å². The molecular formula is C18H26N6O2. The van der Waals surface area contributed by atoms with Gasteiger partial charge in [0.1, 0.15) is 0 Å². The minimum atomic E-state index is 0.0282. The predicted molar refractivity (Wildman–Crippen MR) is 102 cm³/mol. The van der Waals surface area contributed by atoms with Crippen LogP contribution in [0.25, 0.3) is 21.5 Å². The molecule has 0 radical (unpaired) electrons. The summed E-state index contributed by atoms with van der Waals surface area (Å²) in [6, 6.07) is 6.27. The first-order chi connectivity index (χ1) is 12.7. The molecule has 140 valence electrons. The molecule has 8 nitrogen and oxygen atoms in total. The van der Waals surface area contributed by atoms with Gasteiger partial charge in [0.15, 0.2) is 0 Å². The maximum atomic E-state index is 12.7. The molecule has 26 heavy (non-hydrogen) atoms. The zero-order valence-electron chi connectivity index (χ0n) is 15.3. The quantitative estimate of drug-likeness (QED) is 0.314. The molecule has 1 fully saturated rings. The van der Waals surface area contributed by atoms with Gasteiger partial charge in [0.2, 0.25) is 0 Å². The van der Waals surface area contributed by atoms with Crippen LogP contribution >= 0.6 is 0 Å². The average molecular weight is 358 g/mol. The molecule has 0 unspecified atom stereocenters. The van der Waals surface area contributed by atoms with Crippen LogP contribution in [0, 0.1) is 0 Å². The molecule has 2 heterocycles. The molecule has 1 aliphatic heterocycles. The average Bonchev–Trinajstić information content (AvgIpc) is 2.92. The van der Waals surface area contributed by atoms with Gasteiger partial charge in [0.25, 0.3) is 0 Å². The van der Waals surface area contributed by atoms with Crippen LogP contribution in [0.15, 0.2) is 28.1 Å². The molecule has 2 aromatic rings. The van der Waals surface area contributed by atoms with Crippen molar-refractivity contribution in [3.63, 3.8) is 0 Å². The summed E-state index contributed by atoms with van der Waals surface area (Å²) >= 11 is 0. The number of imidazole rings is 1. The summed E-state index contributed by atoms with van der Waals surface area (Å²) in [4.78, 5) is 15.4. The van der Waals surface area contributed by atoms with Gasteiger partial charge in [-0.25, -0.2) is 9.47 Å². The van der Waals surface area contributed by atoms with Gasteiger partial charge in [-0.2, -0.15) is 0 Å². The van der Waals surface area contributed by atoms with Gasteiger partial charge >= 0.3 is 5.69 Å². The molecular weight excluding hydrogens is 332 g/mol. The lowest BCUT2D eigenvalue weighted by molar-refractivity contribution is 0.139. The summed E-state index contributed by atoms with van der Waals surface area (Å²) in [5, 5.41) is 5.61. The molecule has 0 aliphatic carbocycles. The maximum Gasteiger partial charge on any atom is 0.347 e. The van der Waals surface area contributed by atoms with Gasteiger partial charge in [0, 0.05) is 38.2 Å². The first kappa shape index (κ1) is 18.4. The van der Waals surface area contributed by atoms with Gasteiger partial charge in [-0.05, 0) is 55.3 Å². The number of hydrogen-bond donors (Lipinski definition) is 0. The number of rotatable bonds is 8. The molecule has 8 heteroatoms. The molecule has 0 N–H and O–H groups in total. The molecule has 0 spiro atoms. The highest BCUT2D eigenvalue weighted by molar-refractivity contribution is 5.77. The first-order valence-corrected chi connectivity index (χ1v) is 9.26. The summed E-state index contributed by atoms with van der Waals surface area (Å²) in [6.07, 6.45) is 5.30. The van der Waals surface area contributed by atoms with Crippen LogP contribution in [0.2, 0.25) is 0 Å². The van der Waals surface area contributed by atoms with Gasteiger partial charge in [0.05, 0.1) is 17.6 Å². The fraction of sp³-hybridized carbons (Fsp3) is 0.611. The minimum absolute atomic E-state index is 0.0282. The largest absolute Gasteiger partial charge is 0.381 e. The van der Waals surface area contributed by atoms with Gasteiger partial charge < -0.3 is 9.75 Å². The number of fused-ring (bicyclic) bond motifs is 1. The van der Waals surface area contributed by atoms with Gasteiger partial charge in [-0.1, -0.05) is 11.2 Å². The Bertz CT molecular complexity index is 843. The van der Waals surface area contributed by atoms with E-state index in [0.717, 1.165) is 49.8 Å². The Morgan fingerprint density at radius 1 is 1.19 bits per heavy atom. The van der Waals surface area contributed by atoms with E-state index in [-0.39, 0.29) is 5.69 Å². The van der Waals surface area contributed by atoms with Crippen molar-refractivity contribution < 1.29 is 4.74 Å². The Labute approximate surface area is 152 Å². The highest BCUT2D eigenvalue weighted by atomic mass is 16.5. The number of piperidine rings is 1. The van der Waals surface area contributed by atoms with Gasteiger partial charge in [-0.3, -0.25) is 4.57 Å². The fourth-order valence-corrected chi connectivity index (χ4v) is 3.50. The molecule has 1 aliphatic rings. The molecule has 0 bridgehead atoms. The van der Waals surface area contributed by atoms with Crippen molar-refractivity contribution in [1.82, 2.24) is 9.24 Å². The summed E-state index contributed by atoms with van der Waals surface area (Å²) in [5.41, 5.74) is 11.4. The number of ether oxygens (including phenoxy) is 1. The minimum Gasteiger partial charge on any atom is -0.381 e. The third-order valence-corrected chi connectivity index (χ3v) is 4.87. The maximum absolute atomic E-state index is 12.7. The van der Waals surface area contributed by atoms with Crippen molar-refractivity contribution >= 4 is 11.0 Å². The monoisotopic (exact) mass is 358 g/mol. The Morgan fingerprint density at radius 3 is 2.77 bits per heavy atom. The summed E-state index contributed by atoms with van der Waals surface area (Å²) in [6.45, 7) is 3.33. The first-order valence-electron chi connectivity index (χ1n) is 9.26. The highest BCUT2D eigenvalue weighted by Gasteiger charge is 2.18. The molecule has 0 saturated carbocycles. The third kappa shape index (κ3) is 4.03. The number of hydrogen-bond acceptors (Lipinski definition) is 4. The Hall–Kier alpha value is -2.44. The summed E-state index contributed by atoms with van der Waals surface area (Å²) in [7, 11) is 1.84. The van der Waals surface area contributed by atoms with Crippen LogP contribution in [0.1, 0.15) is 31.2 Å². The lowest BCUT2D eigenvalue weighted by atomic mass is 10.1. The normalized spacial score (nSPS) is 14.6. The standard InChI is InChI=1S/C18H26N6O2/c1-22-17-14-15(6-5-12-26-13-9-20-21-19)7-8-16(17)24(18(22)25)23-10-3-2-4-11-23/h7-8,14H,2-6,9-13H2,1H3. The Kier molecular flexibility index (Phi) is 6.20. The second-order valence-electron chi connectivity index (χ2n) is 6.66. The van der Waals surface area contributed by atoms with E-state index in [1.165, 1.54) is 12.0 Å². The van der Waals surface area contributed by atoms with Crippen LogP contribution in [-0.2, 0) is 18.2 Å². The van der Waals surface area contributed by atoms with Gasteiger partial charge in [-0.15, -0.1) is 0 Å². The molecule has 3 rings (SSSR count).